The molecule has 1 saturated heterocycles. The molecule has 0 N–H and O–H groups in total. The van der Waals surface area contributed by atoms with Crippen LogP contribution in [0.4, 0.5) is 0 Å². The average Bonchev–Trinajstić information content (AvgIpc) is 3.51. The van der Waals surface area contributed by atoms with Crippen molar-refractivity contribution in [3.8, 4) is 5.75 Å². The minimum atomic E-state index is -0.224. The van der Waals surface area contributed by atoms with Crippen LogP contribution in [0.5, 0.6) is 5.75 Å². The summed E-state index contributed by atoms with van der Waals surface area (Å²) in [6, 6.07) is 11.8. The molecule has 5 heteroatoms. The van der Waals surface area contributed by atoms with E-state index in [4.69, 9.17) is 4.74 Å². The highest BCUT2D eigenvalue weighted by atomic mass is 16.5. The van der Waals surface area contributed by atoms with Gasteiger partial charge in [-0.25, -0.2) is 0 Å². The molecule has 0 aromatic heterocycles. The van der Waals surface area contributed by atoms with Crippen molar-refractivity contribution in [3.63, 3.8) is 0 Å². The molecule has 2 saturated carbocycles. The second-order valence-corrected chi connectivity index (χ2v) is 8.29. The molecule has 7 rings (SSSR count). The van der Waals surface area contributed by atoms with Gasteiger partial charge in [0.05, 0.1) is 25.2 Å². The standard InChI is InChI=1S/C23H20N2O3/c1-28-19-9-6-12-4-2-3-5-13(12)18(19)11-24-25-22(26)20-14-7-8-15(17-10-16(14)17)21(20)23(25)27/h2-9,11,14-17,20-21H,10H2,1H3/b24-11-/t14-,15+,16-,17-,20+,21+/m1/s1. The van der Waals surface area contributed by atoms with Crippen molar-refractivity contribution in [2.45, 2.75) is 6.42 Å². The van der Waals surface area contributed by atoms with Gasteiger partial charge < -0.3 is 4.74 Å². The Balaban J connectivity index is 1.38. The van der Waals surface area contributed by atoms with Crippen LogP contribution in [0.2, 0.25) is 0 Å². The number of amides is 2. The Bertz CT molecular complexity index is 1050. The van der Waals surface area contributed by atoms with Crippen LogP contribution in [0, 0.1) is 35.5 Å². The lowest BCUT2D eigenvalue weighted by atomic mass is 9.63. The van der Waals surface area contributed by atoms with E-state index in [1.54, 1.807) is 13.3 Å². The van der Waals surface area contributed by atoms with Crippen molar-refractivity contribution in [3.05, 3.63) is 54.1 Å². The van der Waals surface area contributed by atoms with E-state index >= 15 is 0 Å². The number of ether oxygens (including phenoxy) is 1. The number of allylic oxidation sites excluding steroid dienone is 2. The Morgan fingerprint density at radius 2 is 1.68 bits per heavy atom. The lowest BCUT2D eigenvalue weighted by molar-refractivity contribution is -0.140. The van der Waals surface area contributed by atoms with Crippen molar-refractivity contribution in [2.75, 3.05) is 7.11 Å². The highest BCUT2D eigenvalue weighted by Gasteiger charge is 2.67. The second-order valence-electron chi connectivity index (χ2n) is 8.29. The Morgan fingerprint density at radius 3 is 2.36 bits per heavy atom. The van der Waals surface area contributed by atoms with Gasteiger partial charge in [0, 0.05) is 5.56 Å². The van der Waals surface area contributed by atoms with E-state index in [0.717, 1.165) is 27.8 Å². The van der Waals surface area contributed by atoms with Gasteiger partial charge in [0.1, 0.15) is 5.75 Å². The highest BCUT2D eigenvalue weighted by molar-refractivity contribution is 6.08. The normalized spacial score (nSPS) is 35.0. The maximum atomic E-state index is 13.1. The molecule has 3 fully saturated rings. The highest BCUT2D eigenvalue weighted by Crippen LogP contribution is 2.65. The smallest absolute Gasteiger partial charge is 0.254 e. The number of carbonyl (C=O) groups excluding carboxylic acids is 2. The van der Waals surface area contributed by atoms with Gasteiger partial charge in [-0.3, -0.25) is 9.59 Å². The molecule has 1 aliphatic heterocycles. The van der Waals surface area contributed by atoms with Crippen molar-refractivity contribution in [1.29, 1.82) is 0 Å². The van der Waals surface area contributed by atoms with Crippen molar-refractivity contribution >= 4 is 28.8 Å². The minimum absolute atomic E-state index is 0.143. The number of hydrazone groups is 1. The number of nitrogens with zero attached hydrogens (tertiary/aromatic N) is 2. The van der Waals surface area contributed by atoms with E-state index in [-0.39, 0.29) is 35.5 Å². The molecule has 2 aromatic rings. The number of rotatable bonds is 3. The molecule has 5 aliphatic rings. The fourth-order valence-electron chi connectivity index (χ4n) is 5.76. The predicted molar refractivity (Wildman–Crippen MR) is 105 cm³/mol. The third-order valence-corrected chi connectivity index (χ3v) is 7.09. The van der Waals surface area contributed by atoms with Crippen LogP contribution in [0.15, 0.2) is 53.7 Å². The first-order valence-corrected chi connectivity index (χ1v) is 9.85. The lowest BCUT2D eigenvalue weighted by Crippen LogP contribution is -2.40. The number of hydrogen-bond donors (Lipinski definition) is 0. The fraction of sp³-hybridized carbons (Fsp3) is 0.348. The van der Waals surface area contributed by atoms with Crippen LogP contribution in [-0.4, -0.2) is 30.1 Å². The molecule has 5 nitrogen and oxygen atoms in total. The van der Waals surface area contributed by atoms with Gasteiger partial charge >= 0.3 is 0 Å². The number of carbonyl (C=O) groups is 2. The van der Waals surface area contributed by atoms with Gasteiger partial charge in [-0.15, -0.1) is 0 Å². The average molecular weight is 372 g/mol. The van der Waals surface area contributed by atoms with E-state index in [9.17, 15) is 9.59 Å². The predicted octanol–water partition coefficient (Wildman–Crippen LogP) is 3.24. The number of methoxy groups -OCH3 is 1. The monoisotopic (exact) mass is 372 g/mol. The Kier molecular flexibility index (Phi) is 3.17. The van der Waals surface area contributed by atoms with Crippen LogP contribution in [-0.2, 0) is 9.59 Å². The lowest BCUT2D eigenvalue weighted by Gasteiger charge is -2.37. The first-order valence-electron chi connectivity index (χ1n) is 9.85. The number of hydrogen-bond acceptors (Lipinski definition) is 4. The molecule has 0 unspecified atom stereocenters. The summed E-state index contributed by atoms with van der Waals surface area (Å²) in [5, 5.41) is 7.53. The number of imide groups is 1. The van der Waals surface area contributed by atoms with Crippen LogP contribution in [0.3, 0.4) is 0 Å². The summed E-state index contributed by atoms with van der Waals surface area (Å²) >= 11 is 0. The fourth-order valence-corrected chi connectivity index (χ4v) is 5.76. The van der Waals surface area contributed by atoms with Crippen molar-refractivity contribution < 1.29 is 14.3 Å². The summed E-state index contributed by atoms with van der Waals surface area (Å²) in [7, 11) is 1.61. The molecular weight excluding hydrogens is 352 g/mol. The Morgan fingerprint density at radius 1 is 1.00 bits per heavy atom. The quantitative estimate of drug-likeness (QED) is 0.472. The Labute approximate surface area is 162 Å². The van der Waals surface area contributed by atoms with E-state index in [1.165, 1.54) is 0 Å². The molecule has 1 heterocycles. The number of fused-ring (bicyclic) bond motifs is 1. The zero-order valence-corrected chi connectivity index (χ0v) is 15.5. The van der Waals surface area contributed by atoms with E-state index < -0.39 is 0 Å². The topological polar surface area (TPSA) is 59.0 Å². The molecule has 2 bridgehead atoms. The molecule has 140 valence electrons. The maximum Gasteiger partial charge on any atom is 0.254 e. The zero-order valence-electron chi connectivity index (χ0n) is 15.5. The molecule has 2 aromatic carbocycles. The van der Waals surface area contributed by atoms with E-state index in [2.05, 4.69) is 17.3 Å². The summed E-state index contributed by atoms with van der Waals surface area (Å²) < 4.78 is 5.49. The first kappa shape index (κ1) is 16.0. The summed E-state index contributed by atoms with van der Waals surface area (Å²) in [5.74, 6) is 1.54. The van der Waals surface area contributed by atoms with Crippen molar-refractivity contribution in [2.24, 2.45) is 40.6 Å². The SMILES string of the molecule is COc1ccc2ccccc2c1/C=N\N1C(=O)[C@H]2[C@@H]3C=C[C@@H]([C@H]4C[C@H]34)[C@@H]2C1=O. The molecule has 28 heavy (non-hydrogen) atoms. The van der Waals surface area contributed by atoms with Crippen LogP contribution in [0.25, 0.3) is 10.8 Å². The minimum Gasteiger partial charge on any atom is -0.496 e. The molecule has 0 radical (unpaired) electrons. The van der Waals surface area contributed by atoms with E-state index in [0.29, 0.717) is 17.6 Å². The third-order valence-electron chi connectivity index (χ3n) is 7.09. The summed E-state index contributed by atoms with van der Waals surface area (Å²) in [6.07, 6.45) is 7.11. The number of benzene rings is 2. The van der Waals surface area contributed by atoms with Gasteiger partial charge in [0.15, 0.2) is 0 Å². The zero-order chi connectivity index (χ0) is 19.0. The van der Waals surface area contributed by atoms with Crippen LogP contribution < -0.4 is 4.74 Å². The summed E-state index contributed by atoms with van der Waals surface area (Å²) in [4.78, 5) is 26.1. The molecule has 4 aliphatic carbocycles. The van der Waals surface area contributed by atoms with Gasteiger partial charge in [-0.05, 0) is 46.9 Å². The second kappa shape index (κ2) is 5.53. The molecule has 2 amide bonds. The third kappa shape index (κ3) is 1.99. The van der Waals surface area contributed by atoms with Crippen LogP contribution in [0.1, 0.15) is 12.0 Å². The molecule has 0 spiro atoms. The largest absolute Gasteiger partial charge is 0.496 e. The van der Waals surface area contributed by atoms with Gasteiger partial charge in [-0.2, -0.15) is 10.1 Å². The van der Waals surface area contributed by atoms with E-state index in [1.807, 2.05) is 36.4 Å². The van der Waals surface area contributed by atoms with Gasteiger partial charge in [-0.1, -0.05) is 42.5 Å². The van der Waals surface area contributed by atoms with Crippen LogP contribution >= 0.6 is 0 Å². The maximum absolute atomic E-state index is 13.1. The molecule has 6 atom stereocenters. The summed E-state index contributed by atoms with van der Waals surface area (Å²) in [5.41, 5.74) is 0.778. The molecular formula is C23H20N2O3. The van der Waals surface area contributed by atoms with Crippen molar-refractivity contribution in [1.82, 2.24) is 5.01 Å². The van der Waals surface area contributed by atoms with Gasteiger partial charge in [0.25, 0.3) is 11.8 Å². The van der Waals surface area contributed by atoms with Gasteiger partial charge in [0.2, 0.25) is 0 Å². The first-order chi connectivity index (χ1) is 13.7. The Hall–Kier alpha value is -2.95. The summed E-state index contributed by atoms with van der Waals surface area (Å²) in [6.45, 7) is 0.